The fourth-order valence-electron chi connectivity index (χ4n) is 2.40. The van der Waals surface area contributed by atoms with Crippen molar-refractivity contribution in [3.05, 3.63) is 57.8 Å². The second kappa shape index (κ2) is 11.9. The zero-order valence-electron chi connectivity index (χ0n) is 15.4. The Morgan fingerprint density at radius 3 is 2.50 bits per heavy atom. The highest BCUT2D eigenvalue weighted by Crippen LogP contribution is 2.16. The Labute approximate surface area is 176 Å². The van der Waals surface area contributed by atoms with Gasteiger partial charge >= 0.3 is 0 Å². The van der Waals surface area contributed by atoms with Crippen molar-refractivity contribution in [2.75, 3.05) is 13.6 Å². The number of hydrogen-bond acceptors (Lipinski definition) is 3. The topological polar surface area (TPSA) is 65.5 Å². The molecule has 2 rings (SSSR count). The highest BCUT2D eigenvalue weighted by Gasteiger charge is 2.09. The Morgan fingerprint density at radius 1 is 1.15 bits per heavy atom. The Kier molecular flexibility index (Phi) is 10.3. The number of halogens is 1. The molecule has 3 N–H and O–H groups in total. The first-order valence-electron chi connectivity index (χ1n) is 8.40. The van der Waals surface area contributed by atoms with Crippen molar-refractivity contribution in [3.63, 3.8) is 0 Å². The number of guanidine groups is 1. The van der Waals surface area contributed by atoms with Gasteiger partial charge in [0.2, 0.25) is 5.91 Å². The van der Waals surface area contributed by atoms with E-state index in [-0.39, 0.29) is 42.5 Å². The van der Waals surface area contributed by atoms with E-state index in [1.807, 2.05) is 41.7 Å². The molecule has 1 amide bonds. The third kappa shape index (κ3) is 8.18. The molecule has 1 atom stereocenters. The summed E-state index contributed by atoms with van der Waals surface area (Å²) in [5.41, 5.74) is 1.08. The van der Waals surface area contributed by atoms with Gasteiger partial charge in [0, 0.05) is 35.8 Å². The maximum atomic E-state index is 12.0. The van der Waals surface area contributed by atoms with E-state index in [1.165, 1.54) is 9.75 Å². The molecule has 142 valence electrons. The van der Waals surface area contributed by atoms with Gasteiger partial charge < -0.3 is 16.0 Å². The Balaban J connectivity index is 0.00000338. The largest absolute Gasteiger partial charge is 0.354 e. The van der Waals surface area contributed by atoms with E-state index >= 15 is 0 Å². The van der Waals surface area contributed by atoms with E-state index < -0.39 is 0 Å². The monoisotopic (exact) mass is 486 g/mol. The Bertz CT molecular complexity index is 703. The van der Waals surface area contributed by atoms with E-state index in [0.29, 0.717) is 12.5 Å². The minimum Gasteiger partial charge on any atom is -0.354 e. The molecule has 1 heterocycles. The van der Waals surface area contributed by atoms with E-state index in [2.05, 4.69) is 46.9 Å². The summed E-state index contributed by atoms with van der Waals surface area (Å²) in [6.45, 7) is 4.94. The SMILES string of the molecule is CN=C(NCC(=O)NCc1ccccc1)NC(C)Cc1ccc(C)s1.I. The lowest BCUT2D eigenvalue weighted by Crippen LogP contribution is -2.46. The number of carbonyl (C=O) groups is 1. The number of hydrogen-bond donors (Lipinski definition) is 3. The van der Waals surface area contributed by atoms with Crippen LogP contribution in [-0.4, -0.2) is 31.5 Å². The van der Waals surface area contributed by atoms with Crippen LogP contribution >= 0.6 is 35.3 Å². The standard InChI is InChI=1S/C19H26N4OS.HI/c1-14(11-17-10-9-15(2)25-17)23-19(20-3)22-13-18(24)21-12-16-7-5-4-6-8-16;/h4-10,14H,11-13H2,1-3H3,(H,21,24)(H2,20,22,23);1H. The number of amides is 1. The normalized spacial score (nSPS) is 12.0. The molecule has 0 saturated heterocycles. The predicted octanol–water partition coefficient (Wildman–Crippen LogP) is 3.09. The summed E-state index contributed by atoms with van der Waals surface area (Å²) in [5, 5.41) is 9.27. The zero-order valence-corrected chi connectivity index (χ0v) is 18.6. The molecule has 0 aliphatic carbocycles. The van der Waals surface area contributed by atoms with Crippen molar-refractivity contribution in [1.82, 2.24) is 16.0 Å². The smallest absolute Gasteiger partial charge is 0.239 e. The van der Waals surface area contributed by atoms with Crippen LogP contribution in [0.1, 0.15) is 22.2 Å². The molecule has 2 aromatic rings. The molecule has 0 spiro atoms. The van der Waals surface area contributed by atoms with Crippen LogP contribution in [0.25, 0.3) is 0 Å². The van der Waals surface area contributed by atoms with Gasteiger partial charge in [-0.2, -0.15) is 0 Å². The van der Waals surface area contributed by atoms with Gasteiger partial charge in [-0.1, -0.05) is 30.3 Å². The summed E-state index contributed by atoms with van der Waals surface area (Å²) in [6, 6.07) is 14.4. The summed E-state index contributed by atoms with van der Waals surface area (Å²) in [7, 11) is 1.71. The number of nitrogens with one attached hydrogen (secondary N) is 3. The molecule has 1 aromatic heterocycles. The lowest BCUT2D eigenvalue weighted by atomic mass is 10.2. The van der Waals surface area contributed by atoms with Crippen LogP contribution in [0, 0.1) is 6.92 Å². The molecule has 0 saturated carbocycles. The highest BCUT2D eigenvalue weighted by atomic mass is 127. The molecule has 1 aromatic carbocycles. The zero-order chi connectivity index (χ0) is 18.1. The molecule has 26 heavy (non-hydrogen) atoms. The van der Waals surface area contributed by atoms with E-state index in [4.69, 9.17) is 0 Å². The molecular weight excluding hydrogens is 459 g/mol. The quantitative estimate of drug-likeness (QED) is 0.320. The van der Waals surface area contributed by atoms with Crippen LogP contribution in [0.4, 0.5) is 0 Å². The second-order valence-electron chi connectivity index (χ2n) is 5.95. The van der Waals surface area contributed by atoms with Crippen LogP contribution < -0.4 is 16.0 Å². The van der Waals surface area contributed by atoms with Crippen molar-refractivity contribution in [2.24, 2.45) is 4.99 Å². The first-order chi connectivity index (χ1) is 12.1. The van der Waals surface area contributed by atoms with Gasteiger partial charge in [-0.3, -0.25) is 9.79 Å². The summed E-state index contributed by atoms with van der Waals surface area (Å²) in [6.07, 6.45) is 0.930. The van der Waals surface area contributed by atoms with Crippen molar-refractivity contribution in [1.29, 1.82) is 0 Å². The summed E-state index contributed by atoms with van der Waals surface area (Å²) in [4.78, 5) is 18.8. The molecule has 0 aliphatic rings. The molecule has 7 heteroatoms. The van der Waals surface area contributed by atoms with Gasteiger partial charge in [0.15, 0.2) is 5.96 Å². The maximum Gasteiger partial charge on any atom is 0.239 e. The lowest BCUT2D eigenvalue weighted by molar-refractivity contribution is -0.120. The third-order valence-corrected chi connectivity index (χ3v) is 4.68. The minimum absolute atomic E-state index is 0. The van der Waals surface area contributed by atoms with Crippen LogP contribution in [-0.2, 0) is 17.8 Å². The first-order valence-corrected chi connectivity index (χ1v) is 9.21. The second-order valence-corrected chi connectivity index (χ2v) is 7.32. The minimum atomic E-state index is -0.0617. The summed E-state index contributed by atoms with van der Waals surface area (Å²) < 4.78 is 0. The van der Waals surface area contributed by atoms with Gasteiger partial charge in [0.1, 0.15) is 0 Å². The fourth-order valence-corrected chi connectivity index (χ4v) is 3.42. The molecule has 0 radical (unpaired) electrons. The number of rotatable bonds is 7. The molecule has 1 unspecified atom stereocenters. The van der Waals surface area contributed by atoms with E-state index in [9.17, 15) is 4.79 Å². The van der Waals surface area contributed by atoms with Crippen LogP contribution in [0.5, 0.6) is 0 Å². The first kappa shape index (κ1) is 22.4. The number of nitrogens with zero attached hydrogens (tertiary/aromatic N) is 1. The van der Waals surface area contributed by atoms with E-state index in [0.717, 1.165) is 12.0 Å². The van der Waals surface area contributed by atoms with Crippen molar-refractivity contribution < 1.29 is 4.79 Å². The van der Waals surface area contributed by atoms with Gasteiger partial charge in [0.05, 0.1) is 6.54 Å². The highest BCUT2D eigenvalue weighted by molar-refractivity contribution is 14.0. The van der Waals surface area contributed by atoms with Gasteiger partial charge in [0.25, 0.3) is 0 Å². The molecular formula is C19H27IN4OS. The molecule has 0 aliphatic heterocycles. The van der Waals surface area contributed by atoms with E-state index in [1.54, 1.807) is 7.05 Å². The number of carbonyl (C=O) groups excluding carboxylic acids is 1. The number of benzene rings is 1. The van der Waals surface area contributed by atoms with Crippen molar-refractivity contribution >= 4 is 47.2 Å². The van der Waals surface area contributed by atoms with Crippen LogP contribution in [0.15, 0.2) is 47.5 Å². The molecule has 0 bridgehead atoms. The van der Waals surface area contributed by atoms with Crippen LogP contribution in [0.2, 0.25) is 0 Å². The number of thiophene rings is 1. The third-order valence-electron chi connectivity index (χ3n) is 3.66. The van der Waals surface area contributed by atoms with Gasteiger partial charge in [-0.05, 0) is 31.5 Å². The number of aliphatic imine (C=N–C) groups is 1. The van der Waals surface area contributed by atoms with Crippen LogP contribution in [0.3, 0.4) is 0 Å². The van der Waals surface area contributed by atoms with Crippen molar-refractivity contribution in [3.8, 4) is 0 Å². The molecule has 5 nitrogen and oxygen atoms in total. The summed E-state index contributed by atoms with van der Waals surface area (Å²) in [5.74, 6) is 0.573. The predicted molar refractivity (Wildman–Crippen MR) is 120 cm³/mol. The maximum absolute atomic E-state index is 12.0. The van der Waals surface area contributed by atoms with Crippen molar-refractivity contribution in [2.45, 2.75) is 32.9 Å². The Morgan fingerprint density at radius 2 is 1.88 bits per heavy atom. The lowest BCUT2D eigenvalue weighted by Gasteiger charge is -2.17. The fraction of sp³-hybridized carbons (Fsp3) is 0.368. The molecule has 0 fully saturated rings. The summed E-state index contributed by atoms with van der Waals surface area (Å²) >= 11 is 1.81. The number of aryl methyl sites for hydroxylation is 1. The average molecular weight is 486 g/mol. The Hall–Kier alpha value is -1.61. The van der Waals surface area contributed by atoms with Gasteiger partial charge in [-0.15, -0.1) is 35.3 Å². The average Bonchev–Trinajstić information content (AvgIpc) is 3.02. The van der Waals surface area contributed by atoms with Gasteiger partial charge in [-0.25, -0.2) is 0 Å².